The van der Waals surface area contributed by atoms with Crippen LogP contribution in [0, 0.1) is 0 Å². The summed E-state index contributed by atoms with van der Waals surface area (Å²) in [5.41, 5.74) is 1.91. The Hall–Kier alpha value is -2.22. The van der Waals surface area contributed by atoms with Crippen molar-refractivity contribution >= 4 is 11.6 Å². The van der Waals surface area contributed by atoms with E-state index in [1.165, 1.54) is 6.92 Å². The average Bonchev–Trinajstić information content (AvgIpc) is 2.46. The first-order valence-corrected chi connectivity index (χ1v) is 6.78. The molecule has 20 heavy (non-hydrogen) atoms. The van der Waals surface area contributed by atoms with Crippen molar-refractivity contribution in [3.63, 3.8) is 0 Å². The monoisotopic (exact) mass is 266 g/mol. The Labute approximate surface area is 119 Å². The van der Waals surface area contributed by atoms with E-state index < -0.39 is 0 Å². The Morgan fingerprint density at radius 1 is 0.900 bits per heavy atom. The highest BCUT2D eigenvalue weighted by atomic mass is 16.1. The van der Waals surface area contributed by atoms with Crippen molar-refractivity contribution in [1.29, 1.82) is 0 Å². The topological polar surface area (TPSA) is 34.1 Å². The highest BCUT2D eigenvalue weighted by Gasteiger charge is 2.22. The molecule has 2 nitrogen and oxygen atoms in total. The van der Waals surface area contributed by atoms with Gasteiger partial charge in [0.2, 0.25) is 0 Å². The Kier molecular flexibility index (Phi) is 4.83. The van der Waals surface area contributed by atoms with E-state index in [4.69, 9.17) is 0 Å². The number of benzene rings is 2. The predicted molar refractivity (Wildman–Crippen MR) is 79.6 cm³/mol. The summed E-state index contributed by atoms with van der Waals surface area (Å²) >= 11 is 0. The van der Waals surface area contributed by atoms with Gasteiger partial charge in [-0.15, -0.1) is 0 Å². The molecule has 2 aromatic rings. The molecule has 1 unspecified atom stereocenters. The van der Waals surface area contributed by atoms with Crippen LogP contribution in [-0.4, -0.2) is 11.6 Å². The predicted octanol–water partition coefficient (Wildman–Crippen LogP) is 3.56. The third-order valence-corrected chi connectivity index (χ3v) is 3.30. The number of rotatable bonds is 6. The summed E-state index contributed by atoms with van der Waals surface area (Å²) < 4.78 is 0. The minimum Gasteiger partial charge on any atom is -0.300 e. The zero-order valence-electron chi connectivity index (χ0n) is 11.6. The quantitative estimate of drug-likeness (QED) is 0.801. The first-order valence-electron chi connectivity index (χ1n) is 6.78. The maximum absolute atomic E-state index is 12.5. The summed E-state index contributed by atoms with van der Waals surface area (Å²) in [6.07, 6.45) is 0.642. The summed E-state index contributed by atoms with van der Waals surface area (Å²) in [7, 11) is 0. The highest BCUT2D eigenvalue weighted by Crippen LogP contribution is 2.22. The lowest BCUT2D eigenvalue weighted by atomic mass is 9.87. The van der Waals surface area contributed by atoms with Crippen LogP contribution in [0.5, 0.6) is 0 Å². The second kappa shape index (κ2) is 6.80. The van der Waals surface area contributed by atoms with Gasteiger partial charge >= 0.3 is 0 Å². The van der Waals surface area contributed by atoms with Crippen LogP contribution in [0.15, 0.2) is 60.7 Å². The molecule has 0 aliphatic rings. The van der Waals surface area contributed by atoms with Gasteiger partial charge < -0.3 is 0 Å². The van der Waals surface area contributed by atoms with Gasteiger partial charge in [0.15, 0.2) is 0 Å². The van der Waals surface area contributed by atoms with Gasteiger partial charge in [0.25, 0.3) is 0 Å². The van der Waals surface area contributed by atoms with Crippen LogP contribution in [0.2, 0.25) is 0 Å². The van der Waals surface area contributed by atoms with Crippen molar-refractivity contribution in [3.8, 4) is 0 Å². The van der Waals surface area contributed by atoms with Crippen LogP contribution in [-0.2, 0) is 16.0 Å². The van der Waals surface area contributed by atoms with Gasteiger partial charge in [-0.3, -0.25) is 9.59 Å². The lowest BCUT2D eigenvalue weighted by Crippen LogP contribution is -2.17. The summed E-state index contributed by atoms with van der Waals surface area (Å²) in [6, 6.07) is 19.2. The summed E-state index contributed by atoms with van der Waals surface area (Å²) in [4.78, 5) is 23.9. The number of hydrogen-bond acceptors (Lipinski definition) is 2. The van der Waals surface area contributed by atoms with Crippen LogP contribution < -0.4 is 0 Å². The third kappa shape index (κ3) is 3.89. The first kappa shape index (κ1) is 14.2. The molecule has 0 amide bonds. The molecule has 0 fully saturated rings. The second-order valence-electron chi connectivity index (χ2n) is 5.00. The summed E-state index contributed by atoms with van der Waals surface area (Å²) in [5, 5.41) is 0. The zero-order chi connectivity index (χ0) is 14.4. The SMILES string of the molecule is CC(=O)CC(C(=O)Cc1ccccc1)c1ccccc1. The molecule has 2 aromatic carbocycles. The molecule has 0 saturated heterocycles. The minimum atomic E-state index is -0.339. The molecule has 1 atom stereocenters. The van der Waals surface area contributed by atoms with E-state index in [0.29, 0.717) is 6.42 Å². The van der Waals surface area contributed by atoms with Crippen molar-refractivity contribution in [2.45, 2.75) is 25.7 Å². The van der Waals surface area contributed by atoms with Crippen LogP contribution in [0.4, 0.5) is 0 Å². The minimum absolute atomic E-state index is 0.0419. The van der Waals surface area contributed by atoms with Crippen LogP contribution in [0.1, 0.15) is 30.4 Å². The smallest absolute Gasteiger partial charge is 0.145 e. The number of carbonyl (C=O) groups is 2. The van der Waals surface area contributed by atoms with Crippen LogP contribution in [0.25, 0.3) is 0 Å². The molecule has 102 valence electrons. The van der Waals surface area contributed by atoms with E-state index in [1.54, 1.807) is 0 Å². The molecule has 0 bridgehead atoms. The van der Waals surface area contributed by atoms with Gasteiger partial charge in [-0.2, -0.15) is 0 Å². The molecule has 0 aromatic heterocycles. The molecule has 2 heteroatoms. The average molecular weight is 266 g/mol. The maximum Gasteiger partial charge on any atom is 0.145 e. The molecule has 0 radical (unpaired) electrons. The lowest BCUT2D eigenvalue weighted by molar-refractivity contribution is -0.124. The van der Waals surface area contributed by atoms with E-state index in [-0.39, 0.29) is 23.9 Å². The second-order valence-corrected chi connectivity index (χ2v) is 5.00. The fourth-order valence-corrected chi connectivity index (χ4v) is 2.31. The van der Waals surface area contributed by atoms with Crippen molar-refractivity contribution < 1.29 is 9.59 Å². The Bertz CT molecular complexity index is 573. The maximum atomic E-state index is 12.5. The van der Waals surface area contributed by atoms with E-state index in [2.05, 4.69) is 0 Å². The molecule has 0 aliphatic heterocycles. The number of hydrogen-bond donors (Lipinski definition) is 0. The van der Waals surface area contributed by atoms with Crippen LogP contribution in [0.3, 0.4) is 0 Å². The molecule has 0 saturated carbocycles. The highest BCUT2D eigenvalue weighted by molar-refractivity contribution is 5.92. The normalized spacial score (nSPS) is 11.8. The van der Waals surface area contributed by atoms with Gasteiger partial charge in [-0.1, -0.05) is 60.7 Å². The summed E-state index contributed by atoms with van der Waals surface area (Å²) in [6.45, 7) is 1.53. The van der Waals surface area contributed by atoms with E-state index in [0.717, 1.165) is 11.1 Å². The number of ketones is 2. The first-order chi connectivity index (χ1) is 9.66. The fraction of sp³-hybridized carbons (Fsp3) is 0.222. The van der Waals surface area contributed by atoms with Crippen LogP contribution >= 0.6 is 0 Å². The molecule has 2 rings (SSSR count). The van der Waals surface area contributed by atoms with Crippen molar-refractivity contribution in [2.24, 2.45) is 0 Å². The van der Waals surface area contributed by atoms with Gasteiger partial charge in [0.05, 0.1) is 0 Å². The molecular formula is C18H18O2. The lowest BCUT2D eigenvalue weighted by Gasteiger charge is -2.15. The van der Waals surface area contributed by atoms with Gasteiger partial charge in [0, 0.05) is 18.8 Å². The summed E-state index contributed by atoms with van der Waals surface area (Å²) in [5.74, 6) is -0.202. The van der Waals surface area contributed by atoms with Crippen molar-refractivity contribution in [1.82, 2.24) is 0 Å². The Balaban J connectivity index is 2.18. The molecule has 0 N–H and O–H groups in total. The van der Waals surface area contributed by atoms with E-state index in [9.17, 15) is 9.59 Å². The Morgan fingerprint density at radius 2 is 1.45 bits per heavy atom. The van der Waals surface area contributed by atoms with Gasteiger partial charge in [0.1, 0.15) is 11.6 Å². The number of Topliss-reactive ketones (excluding diaryl/α,β-unsaturated/α-hetero) is 2. The van der Waals surface area contributed by atoms with Crippen molar-refractivity contribution in [3.05, 3.63) is 71.8 Å². The molecule has 0 spiro atoms. The van der Waals surface area contributed by atoms with E-state index in [1.807, 2.05) is 60.7 Å². The Morgan fingerprint density at radius 3 is 2.00 bits per heavy atom. The third-order valence-electron chi connectivity index (χ3n) is 3.30. The van der Waals surface area contributed by atoms with Gasteiger partial charge in [-0.05, 0) is 18.1 Å². The number of carbonyl (C=O) groups excluding carboxylic acids is 2. The van der Waals surface area contributed by atoms with E-state index >= 15 is 0 Å². The molecular weight excluding hydrogens is 248 g/mol. The van der Waals surface area contributed by atoms with Crippen molar-refractivity contribution in [2.75, 3.05) is 0 Å². The largest absolute Gasteiger partial charge is 0.300 e. The van der Waals surface area contributed by atoms with Gasteiger partial charge in [-0.25, -0.2) is 0 Å². The standard InChI is InChI=1S/C18H18O2/c1-14(19)12-17(16-10-6-3-7-11-16)18(20)13-15-8-4-2-5-9-15/h2-11,17H,12-13H2,1H3. The molecule has 0 aliphatic carbocycles. The zero-order valence-corrected chi connectivity index (χ0v) is 11.6. The molecule has 0 heterocycles. The fourth-order valence-electron chi connectivity index (χ4n) is 2.31.